The Balaban J connectivity index is 1.47. The molecule has 2 heterocycles. The van der Waals surface area contributed by atoms with Crippen LogP contribution in [0.4, 0.5) is 0 Å². The first-order chi connectivity index (χ1) is 14.1. The predicted molar refractivity (Wildman–Crippen MR) is 114 cm³/mol. The Bertz CT molecular complexity index is 1200. The topological polar surface area (TPSA) is 53.9 Å². The number of hydrogen-bond acceptors (Lipinski definition) is 2. The summed E-state index contributed by atoms with van der Waals surface area (Å²) in [5.41, 5.74) is 7.35. The van der Waals surface area contributed by atoms with Crippen LogP contribution in [0.5, 0.6) is 0 Å². The normalized spacial score (nSPS) is 13.0. The van der Waals surface area contributed by atoms with E-state index in [1.807, 2.05) is 24.0 Å². The minimum absolute atomic E-state index is 0.0125. The van der Waals surface area contributed by atoms with Gasteiger partial charge in [0.2, 0.25) is 0 Å². The molecular weight excluding hydrogens is 360 g/mol. The summed E-state index contributed by atoms with van der Waals surface area (Å²) in [5, 5.41) is 5.92. The number of rotatable bonds is 4. The molecule has 2 aromatic carbocycles. The molecule has 5 nitrogen and oxygen atoms in total. The van der Waals surface area contributed by atoms with E-state index < -0.39 is 0 Å². The average molecular weight is 384 g/mol. The van der Waals surface area contributed by atoms with Gasteiger partial charge in [0, 0.05) is 41.9 Å². The second kappa shape index (κ2) is 6.92. The van der Waals surface area contributed by atoms with Crippen LogP contribution >= 0.6 is 0 Å². The number of H-pyrrole nitrogens is 1. The van der Waals surface area contributed by atoms with Crippen molar-refractivity contribution in [1.29, 1.82) is 0 Å². The molecule has 1 amide bonds. The largest absolute Gasteiger partial charge is 0.361 e. The molecule has 0 fully saturated rings. The van der Waals surface area contributed by atoms with Crippen LogP contribution in [0.3, 0.4) is 0 Å². The van der Waals surface area contributed by atoms with Crippen LogP contribution in [-0.2, 0) is 19.4 Å². The van der Waals surface area contributed by atoms with Crippen LogP contribution in [0, 0.1) is 6.92 Å². The van der Waals surface area contributed by atoms with Gasteiger partial charge in [0.25, 0.3) is 5.91 Å². The van der Waals surface area contributed by atoms with Crippen molar-refractivity contribution in [2.75, 3.05) is 7.05 Å². The molecule has 0 bridgehead atoms. The molecule has 5 rings (SSSR count). The molecule has 0 saturated carbocycles. The SMILES string of the molecule is Cc1ccc(-n2nc(C(=O)N(C)Cc3cccc4[nH]ccc34)c3c2CCC3)cc1. The highest BCUT2D eigenvalue weighted by Crippen LogP contribution is 2.29. The molecule has 1 aliphatic rings. The third-order valence-electron chi connectivity index (χ3n) is 5.85. The Morgan fingerprint density at radius 2 is 1.97 bits per heavy atom. The number of amides is 1. The van der Waals surface area contributed by atoms with Crippen LogP contribution in [-0.4, -0.2) is 32.6 Å². The van der Waals surface area contributed by atoms with Crippen molar-refractivity contribution >= 4 is 16.8 Å². The van der Waals surface area contributed by atoms with Gasteiger partial charge in [-0.2, -0.15) is 5.10 Å². The Labute approximate surface area is 170 Å². The van der Waals surface area contributed by atoms with Crippen molar-refractivity contribution in [2.45, 2.75) is 32.7 Å². The molecule has 2 aromatic heterocycles. The molecule has 1 aliphatic carbocycles. The van der Waals surface area contributed by atoms with Gasteiger partial charge in [-0.3, -0.25) is 4.79 Å². The van der Waals surface area contributed by atoms with E-state index in [0.29, 0.717) is 12.2 Å². The van der Waals surface area contributed by atoms with Crippen LogP contribution < -0.4 is 0 Å². The van der Waals surface area contributed by atoms with E-state index in [1.165, 1.54) is 11.3 Å². The molecule has 0 atom stereocenters. The summed E-state index contributed by atoms with van der Waals surface area (Å²) in [7, 11) is 1.86. The fourth-order valence-electron chi connectivity index (χ4n) is 4.31. The van der Waals surface area contributed by atoms with E-state index in [-0.39, 0.29) is 5.91 Å². The summed E-state index contributed by atoms with van der Waals surface area (Å²) in [4.78, 5) is 18.3. The Morgan fingerprint density at radius 1 is 1.14 bits per heavy atom. The quantitative estimate of drug-likeness (QED) is 0.566. The highest BCUT2D eigenvalue weighted by atomic mass is 16.2. The fraction of sp³-hybridized carbons (Fsp3) is 0.250. The van der Waals surface area contributed by atoms with Crippen molar-refractivity contribution in [3.8, 4) is 5.69 Å². The summed E-state index contributed by atoms with van der Waals surface area (Å²) in [6.45, 7) is 2.63. The van der Waals surface area contributed by atoms with E-state index in [1.54, 1.807) is 4.90 Å². The number of carbonyl (C=O) groups excluding carboxylic acids is 1. The van der Waals surface area contributed by atoms with Crippen LogP contribution in [0.2, 0.25) is 0 Å². The Kier molecular flexibility index (Phi) is 4.23. The Hall–Kier alpha value is -3.34. The molecule has 4 aromatic rings. The van der Waals surface area contributed by atoms with Gasteiger partial charge in [0.15, 0.2) is 5.69 Å². The molecule has 146 valence electrons. The second-order valence-electron chi connectivity index (χ2n) is 7.89. The standard InChI is InChI=1S/C24H24N4O/c1-16-9-11-18(12-10-16)28-22-8-4-6-20(22)23(26-28)24(29)27(2)15-17-5-3-7-21-19(17)13-14-25-21/h3,5,7,9-14,25H,4,6,8,15H2,1-2H3. The number of benzene rings is 2. The minimum atomic E-state index is -0.0125. The third kappa shape index (κ3) is 3.03. The molecule has 0 radical (unpaired) electrons. The maximum atomic E-state index is 13.3. The van der Waals surface area contributed by atoms with E-state index in [2.05, 4.69) is 54.4 Å². The zero-order valence-electron chi connectivity index (χ0n) is 16.8. The van der Waals surface area contributed by atoms with Gasteiger partial charge in [-0.05, 0) is 56.0 Å². The molecule has 0 unspecified atom stereocenters. The monoisotopic (exact) mass is 384 g/mol. The molecule has 1 N–H and O–H groups in total. The number of nitrogens with one attached hydrogen (secondary N) is 1. The summed E-state index contributed by atoms with van der Waals surface area (Å²) < 4.78 is 1.97. The van der Waals surface area contributed by atoms with E-state index in [4.69, 9.17) is 5.10 Å². The van der Waals surface area contributed by atoms with Crippen molar-refractivity contribution in [1.82, 2.24) is 19.7 Å². The molecule has 0 aliphatic heterocycles. The van der Waals surface area contributed by atoms with Crippen molar-refractivity contribution in [3.63, 3.8) is 0 Å². The molecule has 0 saturated heterocycles. The first-order valence-electron chi connectivity index (χ1n) is 10.1. The van der Waals surface area contributed by atoms with E-state index in [0.717, 1.165) is 47.0 Å². The highest BCUT2D eigenvalue weighted by molar-refractivity contribution is 5.94. The minimum Gasteiger partial charge on any atom is -0.361 e. The van der Waals surface area contributed by atoms with Crippen molar-refractivity contribution in [3.05, 3.63) is 82.8 Å². The number of aromatic nitrogens is 3. The lowest BCUT2D eigenvalue weighted by Gasteiger charge is -2.17. The van der Waals surface area contributed by atoms with E-state index in [9.17, 15) is 4.79 Å². The van der Waals surface area contributed by atoms with Gasteiger partial charge in [-0.15, -0.1) is 0 Å². The first-order valence-corrected chi connectivity index (χ1v) is 10.1. The predicted octanol–water partition coefficient (Wildman–Crippen LogP) is 4.42. The van der Waals surface area contributed by atoms with Crippen molar-refractivity contribution in [2.24, 2.45) is 0 Å². The number of fused-ring (bicyclic) bond motifs is 2. The van der Waals surface area contributed by atoms with Gasteiger partial charge < -0.3 is 9.88 Å². The van der Waals surface area contributed by atoms with E-state index >= 15 is 0 Å². The zero-order chi connectivity index (χ0) is 20.0. The molecular formula is C24H24N4O. The zero-order valence-corrected chi connectivity index (χ0v) is 16.8. The number of aryl methyl sites for hydroxylation is 1. The van der Waals surface area contributed by atoms with Crippen LogP contribution in [0.25, 0.3) is 16.6 Å². The highest BCUT2D eigenvalue weighted by Gasteiger charge is 2.28. The average Bonchev–Trinajstić information content (AvgIpc) is 3.45. The maximum Gasteiger partial charge on any atom is 0.274 e. The smallest absolute Gasteiger partial charge is 0.274 e. The summed E-state index contributed by atoms with van der Waals surface area (Å²) in [6, 6.07) is 16.5. The number of nitrogens with zero attached hydrogens (tertiary/aromatic N) is 3. The lowest BCUT2D eigenvalue weighted by atomic mass is 10.1. The number of aromatic amines is 1. The van der Waals surface area contributed by atoms with Gasteiger partial charge in [-0.1, -0.05) is 29.8 Å². The lowest BCUT2D eigenvalue weighted by Crippen LogP contribution is -2.27. The molecule has 0 spiro atoms. The summed E-state index contributed by atoms with van der Waals surface area (Å²) >= 11 is 0. The van der Waals surface area contributed by atoms with Gasteiger partial charge >= 0.3 is 0 Å². The summed E-state index contributed by atoms with van der Waals surface area (Å²) in [5.74, 6) is -0.0125. The van der Waals surface area contributed by atoms with Gasteiger partial charge in [0.05, 0.1) is 5.69 Å². The van der Waals surface area contributed by atoms with Crippen LogP contribution in [0.1, 0.15) is 39.3 Å². The number of hydrogen-bond donors (Lipinski definition) is 1. The second-order valence-corrected chi connectivity index (χ2v) is 7.89. The molecule has 29 heavy (non-hydrogen) atoms. The third-order valence-corrected chi connectivity index (χ3v) is 5.85. The summed E-state index contributed by atoms with van der Waals surface area (Å²) in [6.07, 6.45) is 4.90. The fourth-order valence-corrected chi connectivity index (χ4v) is 4.31. The Morgan fingerprint density at radius 3 is 2.79 bits per heavy atom. The van der Waals surface area contributed by atoms with Gasteiger partial charge in [0.1, 0.15) is 0 Å². The van der Waals surface area contributed by atoms with Crippen LogP contribution in [0.15, 0.2) is 54.7 Å². The van der Waals surface area contributed by atoms with Gasteiger partial charge in [-0.25, -0.2) is 4.68 Å². The lowest BCUT2D eigenvalue weighted by molar-refractivity contribution is 0.0778. The van der Waals surface area contributed by atoms with Crippen molar-refractivity contribution < 1.29 is 4.79 Å². The molecule has 5 heteroatoms. The number of carbonyl (C=O) groups is 1. The first kappa shape index (κ1) is 17.7. The maximum absolute atomic E-state index is 13.3.